The Kier molecular flexibility index (Phi) is 5.43. The number of morpholine rings is 1. The van der Waals surface area contributed by atoms with Crippen LogP contribution in [0.3, 0.4) is 0 Å². The van der Waals surface area contributed by atoms with Gasteiger partial charge in [0, 0.05) is 25.2 Å². The average molecular weight is 368 g/mol. The number of fused-ring (bicyclic) bond motifs is 1. The monoisotopic (exact) mass is 368 g/mol. The molecule has 0 amide bonds. The van der Waals surface area contributed by atoms with Gasteiger partial charge in [0.2, 0.25) is 10.0 Å². The number of rotatable bonds is 5. The van der Waals surface area contributed by atoms with E-state index in [-0.39, 0.29) is 29.7 Å². The first-order valence-electron chi connectivity index (χ1n) is 8.54. The minimum atomic E-state index is -3.62. The normalized spacial score (nSPS) is 27.0. The van der Waals surface area contributed by atoms with Gasteiger partial charge in [-0.1, -0.05) is 0 Å². The van der Waals surface area contributed by atoms with Gasteiger partial charge in [-0.15, -0.1) is 0 Å². The maximum atomic E-state index is 12.6. The molecule has 2 fully saturated rings. The lowest BCUT2D eigenvalue weighted by molar-refractivity contribution is -0.0390. The molecule has 2 aliphatic rings. The third-order valence-corrected chi connectivity index (χ3v) is 6.13. The molecule has 138 valence electrons. The molecule has 0 saturated carbocycles. The maximum Gasteiger partial charge on any atom is 0.338 e. The van der Waals surface area contributed by atoms with Crippen molar-refractivity contribution in [2.75, 3.05) is 26.3 Å². The first-order chi connectivity index (χ1) is 11.9. The van der Waals surface area contributed by atoms with Gasteiger partial charge in [0.1, 0.15) is 0 Å². The van der Waals surface area contributed by atoms with Gasteiger partial charge in [0.25, 0.3) is 0 Å². The van der Waals surface area contributed by atoms with Crippen LogP contribution in [0.15, 0.2) is 29.2 Å². The summed E-state index contributed by atoms with van der Waals surface area (Å²) in [4.78, 5) is 14.1. The average Bonchev–Trinajstić information content (AvgIpc) is 2.95. The van der Waals surface area contributed by atoms with Gasteiger partial charge in [-0.05, 0) is 44.5 Å². The van der Waals surface area contributed by atoms with Crippen molar-refractivity contribution in [3.63, 3.8) is 0 Å². The molecule has 0 aliphatic carbocycles. The summed E-state index contributed by atoms with van der Waals surface area (Å²) in [6.07, 6.45) is 0.925. The van der Waals surface area contributed by atoms with E-state index in [4.69, 9.17) is 9.47 Å². The molecule has 7 nitrogen and oxygen atoms in total. The topological polar surface area (TPSA) is 84.9 Å². The smallest absolute Gasteiger partial charge is 0.338 e. The Hall–Kier alpha value is -1.48. The molecule has 3 atom stereocenters. The van der Waals surface area contributed by atoms with Crippen molar-refractivity contribution in [3.05, 3.63) is 29.8 Å². The van der Waals surface area contributed by atoms with Gasteiger partial charge in [-0.2, -0.15) is 0 Å². The predicted octanol–water partition coefficient (Wildman–Crippen LogP) is 1.00. The number of benzene rings is 1. The number of hydrogen-bond donors (Lipinski definition) is 1. The minimum absolute atomic E-state index is 0.131. The third kappa shape index (κ3) is 4.20. The Morgan fingerprint density at radius 3 is 2.72 bits per heavy atom. The van der Waals surface area contributed by atoms with Gasteiger partial charge in [0.05, 0.1) is 29.8 Å². The first kappa shape index (κ1) is 18.3. The molecule has 2 heterocycles. The third-order valence-electron chi connectivity index (χ3n) is 4.59. The fourth-order valence-corrected chi connectivity index (χ4v) is 4.64. The van der Waals surface area contributed by atoms with E-state index < -0.39 is 16.0 Å². The highest BCUT2D eigenvalue weighted by molar-refractivity contribution is 7.89. The highest BCUT2D eigenvalue weighted by Gasteiger charge is 2.37. The van der Waals surface area contributed by atoms with E-state index in [9.17, 15) is 13.2 Å². The highest BCUT2D eigenvalue weighted by Crippen LogP contribution is 2.24. The largest absolute Gasteiger partial charge is 0.462 e. The molecule has 0 aromatic heterocycles. The fourth-order valence-electron chi connectivity index (χ4n) is 3.40. The van der Waals surface area contributed by atoms with Crippen LogP contribution in [0.5, 0.6) is 0 Å². The van der Waals surface area contributed by atoms with E-state index >= 15 is 0 Å². The summed E-state index contributed by atoms with van der Waals surface area (Å²) in [6.45, 7) is 6.20. The second-order valence-corrected chi connectivity index (χ2v) is 8.26. The molecule has 3 rings (SSSR count). The van der Waals surface area contributed by atoms with Crippen LogP contribution in [0.4, 0.5) is 0 Å². The number of ether oxygens (including phenoxy) is 2. The zero-order chi connectivity index (χ0) is 18.0. The van der Waals surface area contributed by atoms with Crippen LogP contribution in [-0.2, 0) is 19.5 Å². The second-order valence-electron chi connectivity index (χ2n) is 6.55. The van der Waals surface area contributed by atoms with Crippen molar-refractivity contribution in [1.82, 2.24) is 9.62 Å². The van der Waals surface area contributed by atoms with Gasteiger partial charge in [-0.3, -0.25) is 4.90 Å². The Balaban J connectivity index is 1.65. The fraction of sp³-hybridized carbons (Fsp3) is 0.588. The molecule has 1 aromatic rings. The Morgan fingerprint density at radius 2 is 2.04 bits per heavy atom. The summed E-state index contributed by atoms with van der Waals surface area (Å²) < 4.78 is 38.5. The number of carbonyl (C=O) groups excluding carboxylic acids is 1. The molecule has 2 saturated heterocycles. The van der Waals surface area contributed by atoms with E-state index in [0.717, 1.165) is 13.0 Å². The van der Waals surface area contributed by atoms with E-state index in [0.29, 0.717) is 18.7 Å². The zero-order valence-corrected chi connectivity index (χ0v) is 15.3. The van der Waals surface area contributed by atoms with E-state index in [1.807, 2.05) is 6.92 Å². The SMILES string of the molecule is CCOC(=O)c1ccc(S(=O)(=O)N[C@H]2C[C@H]3CO[C@@H](C)CN3C2)cc1. The van der Waals surface area contributed by atoms with Crippen LogP contribution in [0.25, 0.3) is 0 Å². The standard InChI is InChI=1S/C17H24N2O5S/c1-3-23-17(20)13-4-6-16(7-5-13)25(21,22)18-14-8-15-11-24-12(2)9-19(15)10-14/h4-7,12,14-15,18H,3,8-11H2,1-2H3/t12-,14-,15-/m0/s1. The lowest BCUT2D eigenvalue weighted by atomic mass is 10.2. The van der Waals surface area contributed by atoms with Crippen LogP contribution in [0, 0.1) is 0 Å². The number of nitrogens with zero attached hydrogens (tertiary/aromatic N) is 1. The van der Waals surface area contributed by atoms with E-state index in [1.54, 1.807) is 6.92 Å². The molecule has 2 aliphatic heterocycles. The number of nitrogens with one attached hydrogen (secondary N) is 1. The Labute approximate surface area is 148 Å². The van der Waals surface area contributed by atoms with Gasteiger partial charge >= 0.3 is 5.97 Å². The van der Waals surface area contributed by atoms with Crippen molar-refractivity contribution in [1.29, 1.82) is 0 Å². The molecule has 0 unspecified atom stereocenters. The van der Waals surface area contributed by atoms with Crippen LogP contribution >= 0.6 is 0 Å². The molecule has 1 N–H and O–H groups in total. The van der Waals surface area contributed by atoms with Crippen molar-refractivity contribution >= 4 is 16.0 Å². The van der Waals surface area contributed by atoms with Crippen LogP contribution < -0.4 is 4.72 Å². The number of carbonyl (C=O) groups is 1. The minimum Gasteiger partial charge on any atom is -0.462 e. The van der Waals surface area contributed by atoms with Gasteiger partial charge in [-0.25, -0.2) is 17.9 Å². The molecular formula is C17H24N2O5S. The highest BCUT2D eigenvalue weighted by atomic mass is 32.2. The molecule has 0 radical (unpaired) electrons. The Morgan fingerprint density at radius 1 is 1.32 bits per heavy atom. The molecule has 1 aromatic carbocycles. The lowest BCUT2D eigenvalue weighted by Gasteiger charge is -2.33. The zero-order valence-electron chi connectivity index (χ0n) is 14.5. The quantitative estimate of drug-likeness (QED) is 0.781. The van der Waals surface area contributed by atoms with Crippen molar-refractivity contribution < 1.29 is 22.7 Å². The number of sulfonamides is 1. The second kappa shape index (κ2) is 7.41. The van der Waals surface area contributed by atoms with Crippen molar-refractivity contribution in [2.24, 2.45) is 0 Å². The van der Waals surface area contributed by atoms with E-state index in [1.165, 1.54) is 24.3 Å². The van der Waals surface area contributed by atoms with Crippen molar-refractivity contribution in [3.8, 4) is 0 Å². The van der Waals surface area contributed by atoms with Crippen LogP contribution in [0.2, 0.25) is 0 Å². The summed E-state index contributed by atoms with van der Waals surface area (Å²) in [5, 5.41) is 0. The number of hydrogen-bond acceptors (Lipinski definition) is 6. The molecule has 0 bridgehead atoms. The molecule has 8 heteroatoms. The summed E-state index contributed by atoms with van der Waals surface area (Å²) in [5.41, 5.74) is 0.338. The predicted molar refractivity (Wildman–Crippen MR) is 91.9 cm³/mol. The lowest BCUT2D eigenvalue weighted by Crippen LogP contribution is -2.45. The van der Waals surface area contributed by atoms with Crippen LogP contribution in [-0.4, -0.2) is 63.8 Å². The van der Waals surface area contributed by atoms with Gasteiger partial charge < -0.3 is 9.47 Å². The summed E-state index contributed by atoms with van der Waals surface area (Å²) in [6, 6.07) is 5.95. The summed E-state index contributed by atoms with van der Waals surface area (Å²) in [5.74, 6) is -0.457. The summed E-state index contributed by atoms with van der Waals surface area (Å²) >= 11 is 0. The number of esters is 1. The summed E-state index contributed by atoms with van der Waals surface area (Å²) in [7, 11) is -3.62. The van der Waals surface area contributed by atoms with Crippen LogP contribution in [0.1, 0.15) is 30.6 Å². The van der Waals surface area contributed by atoms with E-state index in [2.05, 4.69) is 9.62 Å². The van der Waals surface area contributed by atoms with Crippen molar-refractivity contribution in [2.45, 2.75) is 43.4 Å². The first-order valence-corrected chi connectivity index (χ1v) is 10.0. The molecule has 25 heavy (non-hydrogen) atoms. The molecular weight excluding hydrogens is 344 g/mol. The molecule has 0 spiro atoms. The van der Waals surface area contributed by atoms with Gasteiger partial charge in [0.15, 0.2) is 0 Å². The Bertz CT molecular complexity index is 719. The maximum absolute atomic E-state index is 12.6.